The van der Waals surface area contributed by atoms with E-state index in [1.165, 1.54) is 63.9 Å². The van der Waals surface area contributed by atoms with Gasteiger partial charge in [-0.25, -0.2) is 9.97 Å². The van der Waals surface area contributed by atoms with Crippen molar-refractivity contribution < 1.29 is 0 Å². The number of hydrogen-bond donors (Lipinski definition) is 0. The van der Waals surface area contributed by atoms with Crippen molar-refractivity contribution in [3.63, 3.8) is 0 Å². The molecule has 0 aliphatic carbocycles. The molecule has 0 amide bonds. The van der Waals surface area contributed by atoms with Crippen LogP contribution in [-0.4, -0.2) is 19.1 Å². The normalized spacial score (nSPS) is 12.0. The van der Waals surface area contributed by atoms with Gasteiger partial charge < -0.3 is 4.57 Å². The van der Waals surface area contributed by atoms with Gasteiger partial charge in [-0.05, 0) is 77.9 Å². The molecule has 5 heteroatoms. The van der Waals surface area contributed by atoms with Gasteiger partial charge in [0.05, 0.1) is 33.3 Å². The molecule has 0 saturated heterocycles. The SMILES string of the molecule is c1ccc(-c2nc(-n3c4ccc(-c5ccc6c(c5)c5ccccc5n6-c5ccccc5)cc4c4cc5c(cc43)sc3ccccc35)nc3ccccc23)cc1. The summed E-state index contributed by atoms with van der Waals surface area (Å²) in [5, 5.41) is 8.45. The zero-order valence-electron chi connectivity index (χ0n) is 29.5. The van der Waals surface area contributed by atoms with Crippen molar-refractivity contribution >= 4 is 86.0 Å². The molecular weight excluding hydrogens is 689 g/mol. The van der Waals surface area contributed by atoms with Crippen molar-refractivity contribution in [3.05, 3.63) is 182 Å². The molecule has 256 valence electrons. The van der Waals surface area contributed by atoms with E-state index in [9.17, 15) is 0 Å². The Morgan fingerprint density at radius 1 is 0.345 bits per heavy atom. The third-order valence-electron chi connectivity index (χ3n) is 11.1. The number of hydrogen-bond acceptors (Lipinski definition) is 3. The number of fused-ring (bicyclic) bond motifs is 10. The van der Waals surface area contributed by atoms with E-state index in [1.54, 1.807) is 0 Å². The van der Waals surface area contributed by atoms with Crippen LogP contribution in [0.3, 0.4) is 0 Å². The molecule has 0 spiro atoms. The van der Waals surface area contributed by atoms with Crippen LogP contribution >= 0.6 is 11.3 Å². The van der Waals surface area contributed by atoms with Gasteiger partial charge in [-0.15, -0.1) is 11.3 Å². The van der Waals surface area contributed by atoms with Gasteiger partial charge in [0, 0.05) is 58.4 Å². The third-order valence-corrected chi connectivity index (χ3v) is 12.3. The van der Waals surface area contributed by atoms with Crippen molar-refractivity contribution in [1.82, 2.24) is 19.1 Å². The predicted molar refractivity (Wildman–Crippen MR) is 232 cm³/mol. The maximum absolute atomic E-state index is 5.36. The summed E-state index contributed by atoms with van der Waals surface area (Å²) < 4.78 is 7.18. The second kappa shape index (κ2) is 11.7. The third kappa shape index (κ3) is 4.57. The van der Waals surface area contributed by atoms with Crippen LogP contribution in [0.4, 0.5) is 0 Å². The summed E-state index contributed by atoms with van der Waals surface area (Å²) in [5.74, 6) is 0.668. The standard InChI is InChI=1S/C50H30N4S/c1-3-13-31(14-4-1)49-37-19-7-10-20-42(37)51-50(52-49)54-45-26-24-33(28-39(45)40-29-41-36-18-9-12-22-47(36)55-48(41)30-46(40)54)32-23-25-44-38(27-32)35-17-8-11-21-43(35)53(44)34-15-5-2-6-16-34/h1-30H. The zero-order valence-corrected chi connectivity index (χ0v) is 30.3. The first-order valence-electron chi connectivity index (χ1n) is 18.6. The van der Waals surface area contributed by atoms with E-state index in [2.05, 4.69) is 185 Å². The Kier molecular flexibility index (Phi) is 6.47. The Bertz CT molecular complexity index is 3480. The van der Waals surface area contributed by atoms with Crippen LogP contribution in [-0.2, 0) is 0 Å². The summed E-state index contributed by atoms with van der Waals surface area (Å²) in [7, 11) is 0. The number of rotatable bonds is 4. The number of nitrogens with zero attached hydrogens (tertiary/aromatic N) is 4. The lowest BCUT2D eigenvalue weighted by Crippen LogP contribution is -2.03. The Balaban J connectivity index is 1.13. The molecule has 4 aromatic heterocycles. The highest BCUT2D eigenvalue weighted by Gasteiger charge is 2.20. The van der Waals surface area contributed by atoms with Crippen LogP contribution in [0.2, 0.25) is 0 Å². The summed E-state index contributed by atoms with van der Waals surface area (Å²) in [4.78, 5) is 10.6. The first kappa shape index (κ1) is 30.4. The highest BCUT2D eigenvalue weighted by atomic mass is 32.1. The van der Waals surface area contributed by atoms with Gasteiger partial charge in [0.1, 0.15) is 0 Å². The van der Waals surface area contributed by atoms with Gasteiger partial charge in [0.15, 0.2) is 0 Å². The lowest BCUT2D eigenvalue weighted by molar-refractivity contribution is 1.01. The quantitative estimate of drug-likeness (QED) is 0.182. The molecule has 0 aliphatic heterocycles. The van der Waals surface area contributed by atoms with Crippen LogP contribution < -0.4 is 0 Å². The second-order valence-electron chi connectivity index (χ2n) is 14.2. The topological polar surface area (TPSA) is 35.6 Å². The van der Waals surface area contributed by atoms with Gasteiger partial charge in [-0.3, -0.25) is 4.57 Å². The Morgan fingerprint density at radius 2 is 0.945 bits per heavy atom. The van der Waals surface area contributed by atoms with Gasteiger partial charge in [0.25, 0.3) is 0 Å². The maximum Gasteiger partial charge on any atom is 0.235 e. The summed E-state index contributed by atoms with van der Waals surface area (Å²) >= 11 is 1.84. The summed E-state index contributed by atoms with van der Waals surface area (Å²) in [6.07, 6.45) is 0. The Labute approximate surface area is 319 Å². The lowest BCUT2D eigenvalue weighted by Gasteiger charge is -2.12. The molecule has 4 heterocycles. The molecule has 12 rings (SSSR count). The van der Waals surface area contributed by atoms with E-state index in [4.69, 9.17) is 9.97 Å². The zero-order chi connectivity index (χ0) is 36.0. The van der Waals surface area contributed by atoms with Gasteiger partial charge in [-0.2, -0.15) is 0 Å². The van der Waals surface area contributed by atoms with E-state index in [-0.39, 0.29) is 0 Å². The molecule has 55 heavy (non-hydrogen) atoms. The van der Waals surface area contributed by atoms with Crippen molar-refractivity contribution in [2.75, 3.05) is 0 Å². The number of aromatic nitrogens is 4. The number of para-hydroxylation sites is 3. The number of thiophene rings is 1. The first-order valence-corrected chi connectivity index (χ1v) is 19.4. The molecule has 8 aromatic carbocycles. The summed E-state index contributed by atoms with van der Waals surface area (Å²) in [6.45, 7) is 0. The number of benzene rings is 8. The Hall–Kier alpha value is -7.08. The molecular formula is C50H30N4S. The van der Waals surface area contributed by atoms with Crippen LogP contribution in [0.25, 0.3) is 109 Å². The lowest BCUT2D eigenvalue weighted by atomic mass is 10.00. The average Bonchev–Trinajstić information content (AvgIpc) is 3.89. The van der Waals surface area contributed by atoms with Crippen molar-refractivity contribution in [1.29, 1.82) is 0 Å². The van der Waals surface area contributed by atoms with Crippen molar-refractivity contribution in [2.24, 2.45) is 0 Å². The van der Waals surface area contributed by atoms with E-state index in [1.807, 2.05) is 17.4 Å². The smallest absolute Gasteiger partial charge is 0.235 e. The molecule has 0 fully saturated rings. The average molecular weight is 719 g/mol. The molecule has 0 atom stereocenters. The van der Waals surface area contributed by atoms with Crippen LogP contribution in [0.5, 0.6) is 0 Å². The fourth-order valence-corrected chi connectivity index (χ4v) is 9.74. The van der Waals surface area contributed by atoms with Gasteiger partial charge in [-0.1, -0.05) is 115 Å². The molecule has 12 aromatic rings. The maximum atomic E-state index is 5.36. The van der Waals surface area contributed by atoms with E-state index < -0.39 is 0 Å². The monoisotopic (exact) mass is 718 g/mol. The Morgan fingerprint density at radius 3 is 1.75 bits per heavy atom. The highest BCUT2D eigenvalue weighted by Crippen LogP contribution is 2.42. The molecule has 0 N–H and O–H groups in total. The molecule has 0 unspecified atom stereocenters. The van der Waals surface area contributed by atoms with E-state index >= 15 is 0 Å². The molecule has 0 bridgehead atoms. The van der Waals surface area contributed by atoms with Crippen LogP contribution in [0.1, 0.15) is 0 Å². The predicted octanol–water partition coefficient (Wildman–Crippen LogP) is 13.5. The fraction of sp³-hybridized carbons (Fsp3) is 0. The fourth-order valence-electron chi connectivity index (χ4n) is 8.62. The highest BCUT2D eigenvalue weighted by molar-refractivity contribution is 7.25. The van der Waals surface area contributed by atoms with Crippen LogP contribution in [0, 0.1) is 0 Å². The molecule has 4 nitrogen and oxygen atoms in total. The van der Waals surface area contributed by atoms with E-state index in [0.29, 0.717) is 5.95 Å². The van der Waals surface area contributed by atoms with E-state index in [0.717, 1.165) is 38.9 Å². The van der Waals surface area contributed by atoms with Gasteiger partial charge >= 0.3 is 0 Å². The van der Waals surface area contributed by atoms with Gasteiger partial charge in [0.2, 0.25) is 5.95 Å². The largest absolute Gasteiger partial charge is 0.309 e. The molecule has 0 aliphatic rings. The minimum Gasteiger partial charge on any atom is -0.309 e. The summed E-state index contributed by atoms with van der Waals surface area (Å²) in [5.41, 5.74) is 11.0. The minimum atomic E-state index is 0.668. The first-order chi connectivity index (χ1) is 27.3. The van der Waals surface area contributed by atoms with Crippen LogP contribution in [0.15, 0.2) is 182 Å². The summed E-state index contributed by atoms with van der Waals surface area (Å²) in [6, 6.07) is 65.4. The van der Waals surface area contributed by atoms with Crippen molar-refractivity contribution in [3.8, 4) is 34.0 Å². The molecule has 0 saturated carbocycles. The van der Waals surface area contributed by atoms with Crippen molar-refractivity contribution in [2.45, 2.75) is 0 Å². The minimum absolute atomic E-state index is 0.668. The second-order valence-corrected chi connectivity index (χ2v) is 15.3. The molecule has 0 radical (unpaired) electrons.